The van der Waals surface area contributed by atoms with E-state index < -0.39 is 5.95 Å². The van der Waals surface area contributed by atoms with Gasteiger partial charge in [-0.2, -0.15) is 4.39 Å². The SMILES string of the molecule is Fc1cc(-c2csc(NCC3CCOCC3)n2)c(Cl)cn1. The summed E-state index contributed by atoms with van der Waals surface area (Å²) in [6, 6.07) is 1.31. The summed E-state index contributed by atoms with van der Waals surface area (Å²) in [4.78, 5) is 7.98. The maximum absolute atomic E-state index is 13.2. The van der Waals surface area contributed by atoms with E-state index in [0.29, 0.717) is 22.2 Å². The predicted octanol–water partition coefficient (Wildman–Crippen LogP) is 3.84. The zero-order chi connectivity index (χ0) is 14.7. The van der Waals surface area contributed by atoms with Gasteiger partial charge in [-0.25, -0.2) is 9.97 Å². The number of halogens is 2. The summed E-state index contributed by atoms with van der Waals surface area (Å²) in [6.45, 7) is 2.55. The zero-order valence-electron chi connectivity index (χ0n) is 11.3. The molecule has 4 nitrogen and oxygen atoms in total. The molecule has 7 heteroatoms. The summed E-state index contributed by atoms with van der Waals surface area (Å²) in [5, 5.41) is 6.43. The van der Waals surface area contributed by atoms with Gasteiger partial charge in [0.1, 0.15) is 0 Å². The Bertz CT molecular complexity index is 616. The first-order valence-electron chi connectivity index (χ1n) is 6.81. The van der Waals surface area contributed by atoms with Gasteiger partial charge in [0.25, 0.3) is 0 Å². The Morgan fingerprint density at radius 1 is 1.43 bits per heavy atom. The number of aromatic nitrogens is 2. The molecule has 0 spiro atoms. The highest BCUT2D eigenvalue weighted by Gasteiger charge is 2.15. The Morgan fingerprint density at radius 3 is 3.05 bits per heavy atom. The molecule has 0 radical (unpaired) electrons. The number of pyridine rings is 1. The molecular weight excluding hydrogens is 313 g/mol. The van der Waals surface area contributed by atoms with E-state index in [1.54, 1.807) is 0 Å². The van der Waals surface area contributed by atoms with E-state index in [2.05, 4.69) is 15.3 Å². The van der Waals surface area contributed by atoms with Crippen LogP contribution in [0.3, 0.4) is 0 Å². The van der Waals surface area contributed by atoms with E-state index in [-0.39, 0.29) is 0 Å². The lowest BCUT2D eigenvalue weighted by Crippen LogP contribution is -2.22. The van der Waals surface area contributed by atoms with E-state index in [4.69, 9.17) is 16.3 Å². The van der Waals surface area contributed by atoms with E-state index >= 15 is 0 Å². The van der Waals surface area contributed by atoms with Crippen LogP contribution in [0.15, 0.2) is 17.6 Å². The van der Waals surface area contributed by atoms with E-state index in [1.165, 1.54) is 23.6 Å². The molecule has 0 saturated carbocycles. The first kappa shape index (κ1) is 14.7. The molecule has 2 aromatic rings. The van der Waals surface area contributed by atoms with Crippen molar-refractivity contribution in [1.29, 1.82) is 0 Å². The highest BCUT2D eigenvalue weighted by atomic mass is 35.5. The van der Waals surface area contributed by atoms with Crippen LogP contribution in [0.2, 0.25) is 5.02 Å². The van der Waals surface area contributed by atoms with Crippen LogP contribution in [0.25, 0.3) is 11.3 Å². The van der Waals surface area contributed by atoms with Crippen LogP contribution < -0.4 is 5.32 Å². The second kappa shape index (κ2) is 6.68. The third-order valence-electron chi connectivity index (χ3n) is 3.48. The minimum atomic E-state index is -0.556. The molecule has 0 unspecified atom stereocenters. The Kier molecular flexibility index (Phi) is 4.67. The van der Waals surface area contributed by atoms with Crippen LogP contribution in [-0.2, 0) is 4.74 Å². The summed E-state index contributed by atoms with van der Waals surface area (Å²) in [5.41, 5.74) is 1.24. The fourth-order valence-corrected chi connectivity index (χ4v) is 3.19. The summed E-state index contributed by atoms with van der Waals surface area (Å²) in [7, 11) is 0. The van der Waals surface area contributed by atoms with Crippen LogP contribution in [-0.4, -0.2) is 29.7 Å². The summed E-state index contributed by atoms with van der Waals surface area (Å²) in [6.07, 6.45) is 3.46. The highest BCUT2D eigenvalue weighted by Crippen LogP contribution is 2.30. The average molecular weight is 328 g/mol. The number of anilines is 1. The lowest BCUT2D eigenvalue weighted by atomic mass is 10.0. The molecule has 21 heavy (non-hydrogen) atoms. The van der Waals surface area contributed by atoms with Crippen LogP contribution in [0.4, 0.5) is 9.52 Å². The number of hydrogen-bond acceptors (Lipinski definition) is 5. The van der Waals surface area contributed by atoms with Gasteiger partial charge in [-0.3, -0.25) is 0 Å². The molecule has 112 valence electrons. The van der Waals surface area contributed by atoms with Gasteiger partial charge in [0.2, 0.25) is 5.95 Å². The Labute approximate surface area is 131 Å². The van der Waals surface area contributed by atoms with Gasteiger partial charge in [0.05, 0.1) is 10.7 Å². The lowest BCUT2D eigenvalue weighted by Gasteiger charge is -2.21. The van der Waals surface area contributed by atoms with Crippen LogP contribution in [0.5, 0.6) is 0 Å². The zero-order valence-corrected chi connectivity index (χ0v) is 12.9. The number of thiazole rings is 1. The number of nitrogens with one attached hydrogen (secondary N) is 1. The Morgan fingerprint density at radius 2 is 2.24 bits per heavy atom. The van der Waals surface area contributed by atoms with Gasteiger partial charge in [-0.05, 0) is 18.8 Å². The summed E-state index contributed by atoms with van der Waals surface area (Å²) < 4.78 is 18.6. The molecule has 1 aliphatic heterocycles. The standard InChI is InChI=1S/C14H15ClFN3OS/c15-11-7-17-13(16)5-10(11)12-8-21-14(19-12)18-6-9-1-3-20-4-2-9/h5,7-9H,1-4,6H2,(H,18,19). The van der Waals surface area contributed by atoms with Crippen molar-refractivity contribution >= 4 is 28.1 Å². The predicted molar refractivity (Wildman–Crippen MR) is 82.3 cm³/mol. The normalized spacial score (nSPS) is 16.1. The second-order valence-electron chi connectivity index (χ2n) is 4.96. The number of nitrogens with zero attached hydrogens (tertiary/aromatic N) is 2. The van der Waals surface area contributed by atoms with Crippen molar-refractivity contribution in [1.82, 2.24) is 9.97 Å². The molecule has 1 aliphatic rings. The third-order valence-corrected chi connectivity index (χ3v) is 4.59. The molecular formula is C14H15ClFN3OS. The van der Waals surface area contributed by atoms with Crippen molar-refractivity contribution < 1.29 is 9.13 Å². The molecule has 0 aliphatic carbocycles. The first-order valence-corrected chi connectivity index (χ1v) is 8.06. The molecule has 1 fully saturated rings. The molecule has 0 bridgehead atoms. The molecule has 1 saturated heterocycles. The van der Waals surface area contributed by atoms with E-state index in [9.17, 15) is 4.39 Å². The molecule has 0 aromatic carbocycles. The van der Waals surface area contributed by atoms with Gasteiger partial charge in [-0.1, -0.05) is 11.6 Å². The van der Waals surface area contributed by atoms with Crippen molar-refractivity contribution in [3.05, 3.63) is 28.6 Å². The Hall–Kier alpha value is -1.24. The summed E-state index contributed by atoms with van der Waals surface area (Å²) >= 11 is 7.53. The van der Waals surface area contributed by atoms with Crippen LogP contribution >= 0.6 is 22.9 Å². The van der Waals surface area contributed by atoms with Gasteiger partial charge >= 0.3 is 0 Å². The number of rotatable bonds is 4. The summed E-state index contributed by atoms with van der Waals surface area (Å²) in [5.74, 6) is 0.0622. The van der Waals surface area contributed by atoms with Crippen molar-refractivity contribution in [2.24, 2.45) is 5.92 Å². The minimum Gasteiger partial charge on any atom is -0.381 e. The van der Waals surface area contributed by atoms with Gasteiger partial charge in [-0.15, -0.1) is 11.3 Å². The maximum atomic E-state index is 13.2. The molecule has 3 rings (SSSR count). The topological polar surface area (TPSA) is 47.0 Å². The van der Waals surface area contributed by atoms with Gasteiger partial charge < -0.3 is 10.1 Å². The van der Waals surface area contributed by atoms with Gasteiger partial charge in [0.15, 0.2) is 5.13 Å². The molecule has 3 heterocycles. The Balaban J connectivity index is 1.66. The molecule has 0 amide bonds. The largest absolute Gasteiger partial charge is 0.381 e. The van der Waals surface area contributed by atoms with Crippen molar-refractivity contribution in [3.8, 4) is 11.3 Å². The minimum absolute atomic E-state index is 0.401. The highest BCUT2D eigenvalue weighted by molar-refractivity contribution is 7.14. The smallest absolute Gasteiger partial charge is 0.213 e. The molecule has 2 aromatic heterocycles. The van der Waals surface area contributed by atoms with Crippen LogP contribution in [0.1, 0.15) is 12.8 Å². The van der Waals surface area contributed by atoms with Crippen LogP contribution in [0, 0.1) is 11.9 Å². The number of hydrogen-bond donors (Lipinski definition) is 1. The average Bonchev–Trinajstić information content (AvgIpc) is 2.97. The van der Waals surface area contributed by atoms with E-state index in [1.807, 2.05) is 5.38 Å². The lowest BCUT2D eigenvalue weighted by molar-refractivity contribution is 0.0699. The third kappa shape index (κ3) is 3.70. The molecule has 0 atom stereocenters. The van der Waals surface area contributed by atoms with Gasteiger partial charge in [0, 0.05) is 43.0 Å². The maximum Gasteiger partial charge on any atom is 0.213 e. The fraction of sp³-hybridized carbons (Fsp3) is 0.429. The first-order chi connectivity index (χ1) is 10.2. The van der Waals surface area contributed by atoms with Crippen molar-refractivity contribution in [3.63, 3.8) is 0 Å². The fourth-order valence-electron chi connectivity index (χ4n) is 2.27. The second-order valence-corrected chi connectivity index (χ2v) is 6.23. The van der Waals surface area contributed by atoms with Crippen molar-refractivity contribution in [2.75, 3.05) is 25.1 Å². The van der Waals surface area contributed by atoms with Crippen molar-refractivity contribution in [2.45, 2.75) is 12.8 Å². The monoisotopic (exact) mass is 327 g/mol. The quantitative estimate of drug-likeness (QED) is 0.867. The number of ether oxygens (including phenoxy) is 1. The molecule has 1 N–H and O–H groups in total. The van der Waals surface area contributed by atoms with E-state index in [0.717, 1.165) is 37.7 Å².